The third-order valence-electron chi connectivity index (χ3n) is 3.43. The number of amides is 1. The molecule has 2 aromatic carbocycles. The molecule has 0 aliphatic carbocycles. The summed E-state index contributed by atoms with van der Waals surface area (Å²) in [6.07, 6.45) is 3.61. The molecule has 0 aliphatic rings. The molecule has 0 fully saturated rings. The molecule has 0 unspecified atom stereocenters. The number of benzene rings is 2. The number of carbonyl (C=O) groups excluding carboxylic acids is 1. The van der Waals surface area contributed by atoms with E-state index >= 15 is 0 Å². The monoisotopic (exact) mass is 466 g/mol. The number of nitrogens with one attached hydrogen (secondary N) is 1. The maximum atomic E-state index is 12.1. The molecule has 0 radical (unpaired) electrons. The maximum absolute atomic E-state index is 12.1. The molecule has 0 spiro atoms. The Bertz CT molecular complexity index is 850. The first-order valence-corrected chi connectivity index (χ1v) is 8.95. The first-order valence-electron chi connectivity index (χ1n) is 7.87. The van der Waals surface area contributed by atoms with E-state index in [1.807, 2.05) is 29.5 Å². The predicted octanol–water partition coefficient (Wildman–Crippen LogP) is 3.59. The molecule has 0 aliphatic heterocycles. The van der Waals surface area contributed by atoms with Crippen molar-refractivity contribution in [3.63, 3.8) is 0 Å². The molecule has 0 aromatic heterocycles. The molecule has 136 valence electrons. The number of hydrogen-bond donors (Lipinski definition) is 3. The second-order valence-electron chi connectivity index (χ2n) is 5.32. The van der Waals surface area contributed by atoms with Crippen LogP contribution in [-0.2, 0) is 6.42 Å². The molecule has 1 amide bonds. The van der Waals surface area contributed by atoms with Crippen molar-refractivity contribution in [3.05, 3.63) is 63.2 Å². The molecule has 0 saturated carbocycles. The van der Waals surface area contributed by atoms with Crippen LogP contribution in [0.5, 0.6) is 17.2 Å². The number of aromatic hydroxyl groups is 2. The van der Waals surface area contributed by atoms with Gasteiger partial charge in [-0.15, -0.1) is 6.58 Å². The summed E-state index contributed by atoms with van der Waals surface area (Å²) in [4.78, 5) is 12.1. The topological polar surface area (TPSA) is 91.2 Å². The summed E-state index contributed by atoms with van der Waals surface area (Å²) in [5, 5.41) is 23.8. The number of rotatable bonds is 7. The van der Waals surface area contributed by atoms with E-state index in [0.717, 1.165) is 0 Å². The van der Waals surface area contributed by atoms with Crippen molar-refractivity contribution in [2.24, 2.45) is 5.10 Å². The Hall–Kier alpha value is -2.55. The minimum absolute atomic E-state index is 0.0381. The Morgan fingerprint density at radius 1 is 1.35 bits per heavy atom. The normalized spacial score (nSPS) is 10.7. The molecule has 0 bridgehead atoms. The van der Waals surface area contributed by atoms with Crippen LogP contribution >= 0.6 is 22.6 Å². The van der Waals surface area contributed by atoms with Crippen LogP contribution in [0.1, 0.15) is 28.4 Å². The van der Waals surface area contributed by atoms with Crippen molar-refractivity contribution < 1.29 is 19.7 Å². The fourth-order valence-corrected chi connectivity index (χ4v) is 2.56. The zero-order valence-corrected chi connectivity index (χ0v) is 16.4. The molecular weight excluding hydrogens is 447 g/mol. The van der Waals surface area contributed by atoms with Crippen LogP contribution in [0.15, 0.2) is 48.1 Å². The van der Waals surface area contributed by atoms with Gasteiger partial charge in [-0.25, -0.2) is 5.43 Å². The summed E-state index contributed by atoms with van der Waals surface area (Å²) >= 11 is 1.97. The number of ether oxygens (including phenoxy) is 1. The molecule has 26 heavy (non-hydrogen) atoms. The SMILES string of the molecule is C=CCc1cc(/C=N\NC(=O)c2ccc(I)c(O)c2)cc(OCC)c1O. The lowest BCUT2D eigenvalue weighted by Gasteiger charge is -2.10. The van der Waals surface area contributed by atoms with E-state index in [1.165, 1.54) is 12.3 Å². The highest BCUT2D eigenvalue weighted by atomic mass is 127. The summed E-state index contributed by atoms with van der Waals surface area (Å²) < 4.78 is 6.08. The summed E-state index contributed by atoms with van der Waals surface area (Å²) in [5.41, 5.74) is 4.02. The van der Waals surface area contributed by atoms with E-state index in [2.05, 4.69) is 17.1 Å². The summed E-state index contributed by atoms with van der Waals surface area (Å²) in [6, 6.07) is 8.00. The Labute approximate surface area is 165 Å². The Balaban J connectivity index is 2.17. The van der Waals surface area contributed by atoms with Crippen molar-refractivity contribution >= 4 is 34.7 Å². The highest BCUT2D eigenvalue weighted by Crippen LogP contribution is 2.32. The van der Waals surface area contributed by atoms with Crippen LogP contribution in [0.2, 0.25) is 0 Å². The Morgan fingerprint density at radius 2 is 2.12 bits per heavy atom. The van der Waals surface area contributed by atoms with Crippen molar-refractivity contribution in [3.8, 4) is 17.2 Å². The average Bonchev–Trinajstić information content (AvgIpc) is 2.61. The van der Waals surface area contributed by atoms with Gasteiger partial charge in [0.05, 0.1) is 16.4 Å². The van der Waals surface area contributed by atoms with Gasteiger partial charge in [0.2, 0.25) is 0 Å². The predicted molar refractivity (Wildman–Crippen MR) is 109 cm³/mol. The summed E-state index contributed by atoms with van der Waals surface area (Å²) in [6.45, 7) is 5.91. The van der Waals surface area contributed by atoms with Gasteiger partial charge in [0, 0.05) is 11.1 Å². The van der Waals surface area contributed by atoms with Crippen LogP contribution in [0, 0.1) is 3.57 Å². The van der Waals surface area contributed by atoms with Crippen LogP contribution in [0.3, 0.4) is 0 Å². The average molecular weight is 466 g/mol. The van der Waals surface area contributed by atoms with Crippen molar-refractivity contribution in [1.29, 1.82) is 0 Å². The Morgan fingerprint density at radius 3 is 2.77 bits per heavy atom. The van der Waals surface area contributed by atoms with E-state index in [-0.39, 0.29) is 11.5 Å². The third kappa shape index (κ3) is 4.98. The van der Waals surface area contributed by atoms with Gasteiger partial charge in [-0.05, 0) is 71.8 Å². The number of phenols is 2. The van der Waals surface area contributed by atoms with Crippen molar-refractivity contribution in [2.45, 2.75) is 13.3 Å². The quantitative estimate of drug-likeness (QED) is 0.252. The molecular formula is C19H19IN2O4. The fraction of sp³-hybridized carbons (Fsp3) is 0.158. The van der Waals surface area contributed by atoms with Crippen LogP contribution in [0.4, 0.5) is 0 Å². The molecule has 7 heteroatoms. The largest absolute Gasteiger partial charge is 0.507 e. The van der Waals surface area contributed by atoms with E-state index in [4.69, 9.17) is 4.74 Å². The summed E-state index contributed by atoms with van der Waals surface area (Å²) in [5.74, 6) is 0.0174. The third-order valence-corrected chi connectivity index (χ3v) is 4.34. The number of nitrogens with zero attached hydrogens (tertiary/aromatic N) is 1. The number of hydrogen-bond acceptors (Lipinski definition) is 5. The maximum Gasteiger partial charge on any atom is 0.271 e. The van der Waals surface area contributed by atoms with Gasteiger partial charge in [0.1, 0.15) is 5.75 Å². The standard InChI is InChI=1S/C19H19IN2O4/c1-3-5-13-8-12(9-17(18(13)24)26-4-2)11-21-22-19(25)14-6-7-15(20)16(23)10-14/h3,6-11,23-24H,1,4-5H2,2H3,(H,22,25)/b21-11-. The summed E-state index contributed by atoms with van der Waals surface area (Å²) in [7, 11) is 0. The zero-order valence-electron chi connectivity index (χ0n) is 14.2. The minimum atomic E-state index is -0.442. The van der Waals surface area contributed by atoms with Gasteiger partial charge >= 0.3 is 0 Å². The molecule has 2 aromatic rings. The van der Waals surface area contributed by atoms with E-state index in [1.54, 1.807) is 30.3 Å². The lowest BCUT2D eigenvalue weighted by atomic mass is 10.1. The number of carbonyl (C=O) groups is 1. The molecule has 2 rings (SSSR count). The van der Waals surface area contributed by atoms with Crippen LogP contribution in [-0.4, -0.2) is 28.9 Å². The molecule has 6 nitrogen and oxygen atoms in total. The first-order chi connectivity index (χ1) is 12.5. The second kappa shape index (κ2) is 9.23. The molecule has 0 heterocycles. The lowest BCUT2D eigenvalue weighted by molar-refractivity contribution is 0.0954. The first kappa shape index (κ1) is 19.8. The van der Waals surface area contributed by atoms with Gasteiger partial charge in [-0.3, -0.25) is 4.79 Å². The van der Waals surface area contributed by atoms with Crippen molar-refractivity contribution in [2.75, 3.05) is 6.61 Å². The molecule has 0 saturated heterocycles. The minimum Gasteiger partial charge on any atom is -0.507 e. The highest BCUT2D eigenvalue weighted by Gasteiger charge is 2.10. The van der Waals surface area contributed by atoms with E-state index in [9.17, 15) is 15.0 Å². The van der Waals surface area contributed by atoms with Gasteiger partial charge in [0.15, 0.2) is 11.5 Å². The second-order valence-corrected chi connectivity index (χ2v) is 6.48. The van der Waals surface area contributed by atoms with Gasteiger partial charge in [0.25, 0.3) is 5.91 Å². The van der Waals surface area contributed by atoms with E-state index in [0.29, 0.717) is 39.0 Å². The lowest BCUT2D eigenvalue weighted by Crippen LogP contribution is -2.17. The number of phenolic OH excluding ortho intramolecular Hbond substituents is 2. The van der Waals surface area contributed by atoms with Crippen molar-refractivity contribution in [1.82, 2.24) is 5.43 Å². The number of halogens is 1. The van der Waals surface area contributed by atoms with E-state index < -0.39 is 5.91 Å². The highest BCUT2D eigenvalue weighted by molar-refractivity contribution is 14.1. The van der Waals surface area contributed by atoms with Crippen LogP contribution in [0.25, 0.3) is 0 Å². The van der Waals surface area contributed by atoms with Gasteiger partial charge < -0.3 is 14.9 Å². The number of allylic oxidation sites excluding steroid dienone is 1. The smallest absolute Gasteiger partial charge is 0.271 e. The zero-order chi connectivity index (χ0) is 19.1. The number of hydrazone groups is 1. The molecule has 3 N–H and O–H groups in total. The van der Waals surface area contributed by atoms with Crippen LogP contribution < -0.4 is 10.2 Å². The fourth-order valence-electron chi connectivity index (χ4n) is 2.22. The van der Waals surface area contributed by atoms with Gasteiger partial charge in [-0.2, -0.15) is 5.10 Å². The molecule has 0 atom stereocenters. The Kier molecular flexibility index (Phi) is 7.02. The van der Waals surface area contributed by atoms with Gasteiger partial charge in [-0.1, -0.05) is 6.08 Å².